The first-order valence-electron chi connectivity index (χ1n) is 9.40. The van der Waals surface area contributed by atoms with Crippen molar-refractivity contribution in [3.05, 3.63) is 28.7 Å². The van der Waals surface area contributed by atoms with Gasteiger partial charge in [0, 0.05) is 36.8 Å². The summed E-state index contributed by atoms with van der Waals surface area (Å²) in [6, 6.07) is 3.17. The van der Waals surface area contributed by atoms with E-state index in [1.54, 1.807) is 19.2 Å². The SMILES string of the molecule is CC[C@@](C)(O)Cn1c(=O)ccc2cnc(NC3CCN(S(C)(=O)=O)CC3)nc21. The molecule has 9 nitrogen and oxygen atoms in total. The van der Waals surface area contributed by atoms with Gasteiger partial charge in [0.1, 0.15) is 5.65 Å². The van der Waals surface area contributed by atoms with Crippen LogP contribution in [0.1, 0.15) is 33.1 Å². The fraction of sp³-hybridized carbons (Fsp3) is 0.611. The first-order valence-corrected chi connectivity index (χ1v) is 11.2. The second-order valence-electron chi connectivity index (χ2n) is 7.66. The Kier molecular flexibility index (Phi) is 5.74. The molecule has 0 spiro atoms. The van der Waals surface area contributed by atoms with Crippen molar-refractivity contribution in [3.63, 3.8) is 0 Å². The molecule has 0 saturated carbocycles. The van der Waals surface area contributed by atoms with Crippen LogP contribution in [0.5, 0.6) is 0 Å². The zero-order valence-electron chi connectivity index (χ0n) is 16.4. The molecule has 0 aromatic carbocycles. The van der Waals surface area contributed by atoms with E-state index in [4.69, 9.17) is 0 Å². The standard InChI is InChI=1S/C18H27N5O4S/c1-4-18(2,25)12-23-15(24)6-5-13-11-19-17(21-16(13)23)20-14-7-9-22(10-8-14)28(3,26)27/h5-6,11,14,25H,4,7-10,12H2,1-3H3,(H,19,20,21)/t18-/m1/s1. The van der Waals surface area contributed by atoms with E-state index < -0.39 is 15.6 Å². The van der Waals surface area contributed by atoms with Gasteiger partial charge in [-0.05, 0) is 32.3 Å². The van der Waals surface area contributed by atoms with Crippen LogP contribution in [-0.4, -0.2) is 63.4 Å². The van der Waals surface area contributed by atoms with Gasteiger partial charge in [0.2, 0.25) is 16.0 Å². The molecule has 3 heterocycles. The Hall–Kier alpha value is -2.04. The molecule has 1 fully saturated rings. The maximum Gasteiger partial charge on any atom is 0.252 e. The Balaban J connectivity index is 1.83. The number of nitrogens with one attached hydrogen (secondary N) is 1. The van der Waals surface area contributed by atoms with Crippen LogP contribution in [0.25, 0.3) is 11.0 Å². The average Bonchev–Trinajstić information content (AvgIpc) is 2.64. The van der Waals surface area contributed by atoms with E-state index in [2.05, 4.69) is 15.3 Å². The maximum absolute atomic E-state index is 12.4. The Labute approximate surface area is 164 Å². The van der Waals surface area contributed by atoms with E-state index in [0.717, 1.165) is 0 Å². The van der Waals surface area contributed by atoms with Crippen LogP contribution < -0.4 is 10.9 Å². The summed E-state index contributed by atoms with van der Waals surface area (Å²) in [6.07, 6.45) is 4.68. The molecule has 1 saturated heterocycles. The fourth-order valence-electron chi connectivity index (χ4n) is 3.26. The molecule has 3 rings (SSSR count). The fourth-order valence-corrected chi connectivity index (χ4v) is 4.13. The Morgan fingerprint density at radius 1 is 1.32 bits per heavy atom. The number of aromatic nitrogens is 3. The lowest BCUT2D eigenvalue weighted by Crippen LogP contribution is -2.42. The van der Waals surface area contributed by atoms with Gasteiger partial charge in [-0.25, -0.2) is 17.7 Å². The van der Waals surface area contributed by atoms with Crippen LogP contribution in [0, 0.1) is 0 Å². The molecular weight excluding hydrogens is 382 g/mol. The van der Waals surface area contributed by atoms with Gasteiger partial charge in [-0.3, -0.25) is 9.36 Å². The minimum Gasteiger partial charge on any atom is -0.388 e. The smallest absolute Gasteiger partial charge is 0.252 e. The molecule has 0 unspecified atom stereocenters. The van der Waals surface area contributed by atoms with Crippen molar-refractivity contribution in [2.24, 2.45) is 0 Å². The number of fused-ring (bicyclic) bond motifs is 1. The number of piperidine rings is 1. The Morgan fingerprint density at radius 2 is 2.00 bits per heavy atom. The molecule has 2 N–H and O–H groups in total. The number of rotatable bonds is 6. The molecule has 2 aromatic rings. The zero-order valence-corrected chi connectivity index (χ0v) is 17.2. The Bertz CT molecular complexity index is 1010. The van der Waals surface area contributed by atoms with E-state index >= 15 is 0 Å². The molecule has 0 amide bonds. The van der Waals surface area contributed by atoms with Crippen molar-refractivity contribution in [1.82, 2.24) is 18.8 Å². The molecule has 0 radical (unpaired) electrons. The van der Waals surface area contributed by atoms with Crippen LogP contribution >= 0.6 is 0 Å². The second-order valence-corrected chi connectivity index (χ2v) is 9.64. The van der Waals surface area contributed by atoms with Crippen molar-refractivity contribution in [3.8, 4) is 0 Å². The van der Waals surface area contributed by atoms with E-state index in [9.17, 15) is 18.3 Å². The summed E-state index contributed by atoms with van der Waals surface area (Å²) >= 11 is 0. The first kappa shape index (κ1) is 20.7. The van der Waals surface area contributed by atoms with Gasteiger partial charge >= 0.3 is 0 Å². The highest BCUT2D eigenvalue weighted by Gasteiger charge is 2.25. The highest BCUT2D eigenvalue weighted by Crippen LogP contribution is 2.19. The molecule has 2 aromatic heterocycles. The number of hydrogen-bond acceptors (Lipinski definition) is 7. The van der Waals surface area contributed by atoms with Crippen LogP contribution in [0.3, 0.4) is 0 Å². The van der Waals surface area contributed by atoms with Gasteiger partial charge in [0.15, 0.2) is 0 Å². The predicted octanol–water partition coefficient (Wildman–Crippen LogP) is 0.788. The molecular formula is C18H27N5O4S. The lowest BCUT2D eigenvalue weighted by molar-refractivity contribution is 0.0381. The lowest BCUT2D eigenvalue weighted by atomic mass is 10.0. The summed E-state index contributed by atoms with van der Waals surface area (Å²) in [6.45, 7) is 4.60. The highest BCUT2D eigenvalue weighted by molar-refractivity contribution is 7.88. The summed E-state index contributed by atoms with van der Waals surface area (Å²) < 4.78 is 26.2. The minimum atomic E-state index is -3.17. The van der Waals surface area contributed by atoms with Crippen molar-refractivity contribution in [1.29, 1.82) is 0 Å². The molecule has 10 heteroatoms. The molecule has 1 aliphatic heterocycles. The molecule has 154 valence electrons. The number of hydrogen-bond donors (Lipinski definition) is 2. The predicted molar refractivity (Wildman–Crippen MR) is 108 cm³/mol. The van der Waals surface area contributed by atoms with Crippen molar-refractivity contribution >= 4 is 27.0 Å². The molecule has 28 heavy (non-hydrogen) atoms. The Morgan fingerprint density at radius 3 is 2.61 bits per heavy atom. The van der Waals surface area contributed by atoms with Crippen molar-refractivity contribution in [2.75, 3.05) is 24.7 Å². The lowest BCUT2D eigenvalue weighted by Gasteiger charge is -2.30. The van der Waals surface area contributed by atoms with E-state index in [0.29, 0.717) is 49.3 Å². The third kappa shape index (κ3) is 4.68. The van der Waals surface area contributed by atoms with Crippen LogP contribution in [0.15, 0.2) is 23.1 Å². The third-order valence-electron chi connectivity index (χ3n) is 5.24. The average molecular weight is 410 g/mol. The van der Waals surface area contributed by atoms with E-state index in [1.807, 2.05) is 6.92 Å². The van der Waals surface area contributed by atoms with Crippen LogP contribution in [-0.2, 0) is 16.6 Å². The normalized spacial score (nSPS) is 18.9. The number of anilines is 1. The van der Waals surface area contributed by atoms with E-state index in [-0.39, 0.29) is 18.1 Å². The summed E-state index contributed by atoms with van der Waals surface area (Å²) in [5.41, 5.74) is -0.783. The molecule has 0 aliphatic carbocycles. The number of pyridine rings is 1. The maximum atomic E-state index is 12.4. The van der Waals surface area contributed by atoms with Crippen LogP contribution in [0.2, 0.25) is 0 Å². The highest BCUT2D eigenvalue weighted by atomic mass is 32.2. The first-order chi connectivity index (χ1) is 13.1. The van der Waals surface area contributed by atoms with Gasteiger partial charge < -0.3 is 10.4 Å². The van der Waals surface area contributed by atoms with Gasteiger partial charge in [-0.1, -0.05) is 6.92 Å². The second kappa shape index (κ2) is 7.76. The van der Waals surface area contributed by atoms with Gasteiger partial charge in [-0.15, -0.1) is 0 Å². The summed E-state index contributed by atoms with van der Waals surface area (Å²) in [5, 5.41) is 14.4. The molecule has 1 atom stereocenters. The van der Waals surface area contributed by atoms with Crippen molar-refractivity contribution < 1.29 is 13.5 Å². The summed E-state index contributed by atoms with van der Waals surface area (Å²) in [4.78, 5) is 21.2. The van der Waals surface area contributed by atoms with Crippen LogP contribution in [0.4, 0.5) is 5.95 Å². The number of nitrogens with zero attached hydrogens (tertiary/aromatic N) is 4. The molecule has 1 aliphatic rings. The monoisotopic (exact) mass is 409 g/mol. The van der Waals surface area contributed by atoms with Gasteiger partial charge in [0.05, 0.1) is 18.4 Å². The minimum absolute atomic E-state index is 0.0538. The largest absolute Gasteiger partial charge is 0.388 e. The molecule has 0 bridgehead atoms. The third-order valence-corrected chi connectivity index (χ3v) is 6.54. The summed E-state index contributed by atoms with van der Waals surface area (Å²) in [5.74, 6) is 0.390. The number of aliphatic hydroxyl groups is 1. The quantitative estimate of drug-likeness (QED) is 0.724. The zero-order chi connectivity index (χ0) is 20.5. The topological polar surface area (TPSA) is 117 Å². The number of sulfonamides is 1. The van der Waals surface area contributed by atoms with Gasteiger partial charge in [0.25, 0.3) is 5.56 Å². The van der Waals surface area contributed by atoms with Crippen molar-refractivity contribution in [2.45, 2.75) is 51.3 Å². The summed E-state index contributed by atoms with van der Waals surface area (Å²) in [7, 11) is -3.17. The van der Waals surface area contributed by atoms with E-state index in [1.165, 1.54) is 21.2 Å². The van der Waals surface area contributed by atoms with Gasteiger partial charge in [-0.2, -0.15) is 4.98 Å².